The number of hydrogen-bond donors (Lipinski definition) is 1. The number of rotatable bonds is 3. The second-order valence-electron chi connectivity index (χ2n) is 5.73. The van der Waals surface area contributed by atoms with E-state index in [1.165, 1.54) is 0 Å². The van der Waals surface area contributed by atoms with Crippen molar-refractivity contribution in [3.8, 4) is 11.5 Å². The van der Waals surface area contributed by atoms with E-state index in [0.29, 0.717) is 13.2 Å². The van der Waals surface area contributed by atoms with Gasteiger partial charge in [-0.05, 0) is 43.9 Å². The summed E-state index contributed by atoms with van der Waals surface area (Å²) in [5.74, 6) is 1.70. The van der Waals surface area contributed by atoms with Gasteiger partial charge in [0.05, 0.1) is 6.04 Å². The summed E-state index contributed by atoms with van der Waals surface area (Å²) in [6.45, 7) is 3.12. The van der Waals surface area contributed by atoms with Crippen molar-refractivity contribution in [2.45, 2.75) is 32.2 Å². The lowest BCUT2D eigenvalue weighted by Crippen LogP contribution is -2.33. The van der Waals surface area contributed by atoms with E-state index < -0.39 is 0 Å². The molecule has 1 aliphatic carbocycles. The van der Waals surface area contributed by atoms with Crippen molar-refractivity contribution in [2.24, 2.45) is 5.92 Å². The monoisotopic (exact) mass is 365 g/mol. The Labute approximate surface area is 139 Å². The fraction of sp³-hybridized carbons (Fsp3) is 0.471. The van der Waals surface area contributed by atoms with Gasteiger partial charge < -0.3 is 14.8 Å². The van der Waals surface area contributed by atoms with E-state index in [2.05, 4.69) is 33.4 Å². The Bertz CT molecular complexity index is 600. The molecular formula is C17H20BrNO3. The van der Waals surface area contributed by atoms with E-state index in [-0.39, 0.29) is 17.9 Å². The molecule has 2 atom stereocenters. The van der Waals surface area contributed by atoms with Gasteiger partial charge in [0.2, 0.25) is 5.91 Å². The van der Waals surface area contributed by atoms with Crippen LogP contribution in [0.15, 0.2) is 28.8 Å². The van der Waals surface area contributed by atoms with Crippen molar-refractivity contribution in [3.05, 3.63) is 34.3 Å². The van der Waals surface area contributed by atoms with Gasteiger partial charge >= 0.3 is 0 Å². The van der Waals surface area contributed by atoms with E-state index in [9.17, 15) is 4.79 Å². The largest absolute Gasteiger partial charge is 0.486 e. The number of halogens is 1. The molecule has 0 aromatic heterocycles. The van der Waals surface area contributed by atoms with Crippen LogP contribution in [0.2, 0.25) is 0 Å². The normalized spacial score (nSPS) is 21.3. The van der Waals surface area contributed by atoms with Crippen molar-refractivity contribution in [1.29, 1.82) is 0 Å². The van der Waals surface area contributed by atoms with Crippen LogP contribution in [0.3, 0.4) is 0 Å². The van der Waals surface area contributed by atoms with Crippen LogP contribution in [-0.4, -0.2) is 19.1 Å². The van der Waals surface area contributed by atoms with Gasteiger partial charge in [-0.15, -0.1) is 0 Å². The van der Waals surface area contributed by atoms with Gasteiger partial charge in [-0.3, -0.25) is 4.79 Å². The molecular weight excluding hydrogens is 346 g/mol. The second-order valence-corrected chi connectivity index (χ2v) is 6.58. The quantitative estimate of drug-likeness (QED) is 0.829. The van der Waals surface area contributed by atoms with Gasteiger partial charge in [-0.25, -0.2) is 0 Å². The van der Waals surface area contributed by atoms with Gasteiger partial charge in [0.25, 0.3) is 0 Å². The van der Waals surface area contributed by atoms with Gasteiger partial charge in [0.15, 0.2) is 11.5 Å². The van der Waals surface area contributed by atoms with Crippen molar-refractivity contribution in [3.63, 3.8) is 0 Å². The number of allylic oxidation sites excluding steroid dienone is 2. The van der Waals surface area contributed by atoms with Crippen LogP contribution in [0.4, 0.5) is 0 Å². The predicted molar refractivity (Wildman–Crippen MR) is 88.2 cm³/mol. The van der Waals surface area contributed by atoms with Crippen LogP contribution >= 0.6 is 15.9 Å². The SMILES string of the molecule is CC(NC(=O)C1CC=CCC1)c1cc2c(cc1Br)OCCO2. The highest BCUT2D eigenvalue weighted by Crippen LogP contribution is 2.37. The summed E-state index contributed by atoms with van der Waals surface area (Å²) in [5, 5.41) is 3.11. The maximum atomic E-state index is 12.4. The Hall–Kier alpha value is -1.49. The van der Waals surface area contributed by atoms with Crippen LogP contribution < -0.4 is 14.8 Å². The minimum atomic E-state index is -0.0800. The Morgan fingerprint density at radius 1 is 1.27 bits per heavy atom. The van der Waals surface area contributed by atoms with Crippen LogP contribution in [-0.2, 0) is 4.79 Å². The van der Waals surface area contributed by atoms with Crippen molar-refractivity contribution in [1.82, 2.24) is 5.32 Å². The minimum Gasteiger partial charge on any atom is -0.486 e. The maximum Gasteiger partial charge on any atom is 0.223 e. The summed E-state index contributed by atoms with van der Waals surface area (Å²) < 4.78 is 12.1. The molecule has 1 N–H and O–H groups in total. The Morgan fingerprint density at radius 2 is 2.00 bits per heavy atom. The molecule has 2 unspecified atom stereocenters. The molecule has 5 heteroatoms. The molecule has 0 bridgehead atoms. The molecule has 1 aromatic rings. The zero-order valence-corrected chi connectivity index (χ0v) is 14.2. The maximum absolute atomic E-state index is 12.4. The molecule has 22 heavy (non-hydrogen) atoms. The molecule has 1 amide bonds. The average Bonchev–Trinajstić information content (AvgIpc) is 2.54. The zero-order chi connectivity index (χ0) is 15.5. The third-order valence-corrected chi connectivity index (χ3v) is 4.81. The van der Waals surface area contributed by atoms with Crippen molar-refractivity contribution < 1.29 is 14.3 Å². The first-order valence-electron chi connectivity index (χ1n) is 7.69. The Kier molecular flexibility index (Phi) is 4.71. The summed E-state index contributed by atoms with van der Waals surface area (Å²) in [5.41, 5.74) is 1.00. The average molecular weight is 366 g/mol. The smallest absolute Gasteiger partial charge is 0.223 e. The molecule has 1 aromatic carbocycles. The topological polar surface area (TPSA) is 47.6 Å². The molecule has 1 aliphatic heterocycles. The summed E-state index contributed by atoms with van der Waals surface area (Å²) >= 11 is 3.56. The molecule has 0 saturated heterocycles. The van der Waals surface area contributed by atoms with Gasteiger partial charge in [-0.2, -0.15) is 0 Å². The molecule has 118 valence electrons. The van der Waals surface area contributed by atoms with Crippen molar-refractivity contribution in [2.75, 3.05) is 13.2 Å². The van der Waals surface area contributed by atoms with Crippen LogP contribution in [0.5, 0.6) is 11.5 Å². The third kappa shape index (κ3) is 3.29. The molecule has 2 aliphatic rings. The number of hydrogen-bond acceptors (Lipinski definition) is 3. The Morgan fingerprint density at radius 3 is 2.68 bits per heavy atom. The molecule has 3 rings (SSSR count). The Balaban J connectivity index is 1.72. The minimum absolute atomic E-state index is 0.0800. The first-order valence-corrected chi connectivity index (χ1v) is 8.49. The third-order valence-electron chi connectivity index (χ3n) is 4.13. The lowest BCUT2D eigenvalue weighted by Gasteiger charge is -2.24. The van der Waals surface area contributed by atoms with Crippen LogP contribution in [0, 0.1) is 5.92 Å². The first kappa shape index (κ1) is 15.4. The van der Waals surface area contributed by atoms with E-state index in [0.717, 1.165) is 40.8 Å². The number of nitrogens with one attached hydrogen (secondary N) is 1. The van der Waals surface area contributed by atoms with E-state index in [1.807, 2.05) is 19.1 Å². The number of carbonyl (C=O) groups is 1. The number of ether oxygens (including phenoxy) is 2. The van der Waals surface area contributed by atoms with E-state index in [4.69, 9.17) is 9.47 Å². The number of amides is 1. The molecule has 4 nitrogen and oxygen atoms in total. The van der Waals surface area contributed by atoms with Crippen molar-refractivity contribution >= 4 is 21.8 Å². The van der Waals surface area contributed by atoms with E-state index in [1.54, 1.807) is 0 Å². The summed E-state index contributed by atoms with van der Waals surface area (Å²) in [4.78, 5) is 12.4. The second kappa shape index (κ2) is 6.73. The summed E-state index contributed by atoms with van der Waals surface area (Å²) in [6.07, 6.45) is 6.99. The van der Waals surface area contributed by atoms with Gasteiger partial charge in [0.1, 0.15) is 13.2 Å². The van der Waals surface area contributed by atoms with E-state index >= 15 is 0 Å². The molecule has 1 heterocycles. The lowest BCUT2D eigenvalue weighted by molar-refractivity contribution is -0.125. The molecule has 0 radical (unpaired) electrons. The molecule has 0 fully saturated rings. The summed E-state index contributed by atoms with van der Waals surface area (Å²) in [6, 6.07) is 3.78. The number of fused-ring (bicyclic) bond motifs is 1. The number of carbonyl (C=O) groups excluding carboxylic acids is 1. The predicted octanol–water partition coefficient (Wildman–Crippen LogP) is 3.75. The summed E-state index contributed by atoms with van der Waals surface area (Å²) in [7, 11) is 0. The zero-order valence-electron chi connectivity index (χ0n) is 12.6. The van der Waals surface area contributed by atoms with Crippen LogP contribution in [0.25, 0.3) is 0 Å². The van der Waals surface area contributed by atoms with Crippen LogP contribution in [0.1, 0.15) is 37.8 Å². The highest BCUT2D eigenvalue weighted by atomic mass is 79.9. The van der Waals surface area contributed by atoms with Gasteiger partial charge in [0, 0.05) is 10.4 Å². The number of benzene rings is 1. The molecule has 0 saturated carbocycles. The standard InChI is InChI=1S/C17H20BrNO3/c1-11(19-17(20)12-5-3-2-4-6-12)13-9-15-16(10-14(13)18)22-8-7-21-15/h2-3,9-12H,4-8H2,1H3,(H,19,20). The van der Waals surface area contributed by atoms with Gasteiger partial charge in [-0.1, -0.05) is 28.1 Å². The highest BCUT2D eigenvalue weighted by molar-refractivity contribution is 9.10. The molecule has 0 spiro atoms. The lowest BCUT2D eigenvalue weighted by atomic mass is 9.93. The fourth-order valence-corrected chi connectivity index (χ4v) is 3.52. The fourth-order valence-electron chi connectivity index (χ4n) is 2.85. The first-order chi connectivity index (χ1) is 10.6. The highest BCUT2D eigenvalue weighted by Gasteiger charge is 2.23.